The smallest absolute Gasteiger partial charge is 0.416 e. The van der Waals surface area contributed by atoms with Gasteiger partial charge in [-0.05, 0) is 36.2 Å². The largest absolute Gasteiger partial charge is 0.476 e. The first kappa shape index (κ1) is 21.0. The minimum absolute atomic E-state index is 0.111. The molecule has 26 heavy (non-hydrogen) atoms. The molecule has 0 saturated heterocycles. The van der Waals surface area contributed by atoms with E-state index < -0.39 is 29.9 Å². The average Bonchev–Trinajstić information content (AvgIpc) is 3.06. The highest BCUT2D eigenvalue weighted by Crippen LogP contribution is 2.31. The van der Waals surface area contributed by atoms with E-state index in [0.717, 1.165) is 17.7 Å². The molecule has 142 valence electrons. The zero-order valence-electron chi connectivity index (χ0n) is 13.3. The van der Waals surface area contributed by atoms with Gasteiger partial charge in [0.15, 0.2) is 0 Å². The summed E-state index contributed by atoms with van der Waals surface area (Å²) < 4.78 is 47.8. The highest BCUT2D eigenvalue weighted by atomic mass is 19.4. The van der Waals surface area contributed by atoms with Gasteiger partial charge in [0.1, 0.15) is 12.0 Å². The standard InChI is InChI=1S/C14H14F3NO2.C2H2O4/c15-14(16,17)11-2-1-3-12(8-11)20-13(18)5-4-10-6-7-19-9-10;3-1(4)2(5)6/h1-3,6-9,13H,4-5,18H2;(H,3,4)(H,5,6). The number of rotatable bonds is 5. The Bertz CT molecular complexity index is 703. The van der Waals surface area contributed by atoms with Crippen LogP contribution in [-0.4, -0.2) is 28.4 Å². The van der Waals surface area contributed by atoms with Crippen molar-refractivity contribution in [2.24, 2.45) is 5.73 Å². The number of carbonyl (C=O) groups is 2. The number of aliphatic carboxylic acids is 2. The van der Waals surface area contributed by atoms with Crippen molar-refractivity contribution >= 4 is 11.9 Å². The van der Waals surface area contributed by atoms with Crippen LogP contribution in [0, 0.1) is 0 Å². The third kappa shape index (κ3) is 7.71. The highest BCUT2D eigenvalue weighted by Gasteiger charge is 2.30. The molecule has 0 aliphatic heterocycles. The van der Waals surface area contributed by atoms with E-state index in [4.69, 9.17) is 34.7 Å². The average molecular weight is 375 g/mol. The monoisotopic (exact) mass is 375 g/mol. The van der Waals surface area contributed by atoms with Crippen LogP contribution in [0.2, 0.25) is 0 Å². The van der Waals surface area contributed by atoms with E-state index in [9.17, 15) is 13.2 Å². The Labute approximate surface area is 145 Å². The van der Waals surface area contributed by atoms with Crippen molar-refractivity contribution in [3.05, 3.63) is 54.0 Å². The fourth-order valence-corrected chi connectivity index (χ4v) is 1.72. The van der Waals surface area contributed by atoms with Crippen LogP contribution >= 0.6 is 0 Å². The summed E-state index contributed by atoms with van der Waals surface area (Å²) in [5, 5.41) is 14.8. The predicted molar refractivity (Wildman–Crippen MR) is 82.3 cm³/mol. The lowest BCUT2D eigenvalue weighted by atomic mass is 10.2. The quantitative estimate of drug-likeness (QED) is 0.542. The molecular weight excluding hydrogens is 359 g/mol. The molecule has 0 aliphatic carbocycles. The van der Waals surface area contributed by atoms with Gasteiger partial charge in [-0.2, -0.15) is 13.2 Å². The Morgan fingerprint density at radius 2 is 1.85 bits per heavy atom. The summed E-state index contributed by atoms with van der Waals surface area (Å²) in [5.74, 6) is -3.54. The van der Waals surface area contributed by atoms with Crippen LogP contribution < -0.4 is 10.5 Å². The number of carboxylic acids is 2. The first-order chi connectivity index (χ1) is 12.1. The maximum Gasteiger partial charge on any atom is 0.416 e. The van der Waals surface area contributed by atoms with Gasteiger partial charge in [-0.25, -0.2) is 9.59 Å². The summed E-state index contributed by atoms with van der Waals surface area (Å²) in [6.45, 7) is 0. The molecular formula is C16H16F3NO6. The third-order valence-electron chi connectivity index (χ3n) is 2.93. The Hall–Kier alpha value is -3.01. The fourth-order valence-electron chi connectivity index (χ4n) is 1.72. The minimum atomic E-state index is -4.39. The van der Waals surface area contributed by atoms with Gasteiger partial charge in [0.2, 0.25) is 0 Å². The molecule has 2 aromatic rings. The second kappa shape index (κ2) is 9.47. The number of ether oxygens (including phenoxy) is 1. The molecule has 1 unspecified atom stereocenters. The van der Waals surface area contributed by atoms with Gasteiger partial charge >= 0.3 is 18.1 Å². The van der Waals surface area contributed by atoms with E-state index in [0.29, 0.717) is 12.8 Å². The second-order valence-corrected chi connectivity index (χ2v) is 4.96. The molecule has 0 amide bonds. The second-order valence-electron chi connectivity index (χ2n) is 4.96. The van der Waals surface area contributed by atoms with Gasteiger partial charge in [-0.1, -0.05) is 6.07 Å². The van der Waals surface area contributed by atoms with Gasteiger partial charge in [0.05, 0.1) is 18.1 Å². The van der Waals surface area contributed by atoms with Gasteiger partial charge in [0, 0.05) is 6.42 Å². The lowest BCUT2D eigenvalue weighted by Gasteiger charge is -2.15. The maximum absolute atomic E-state index is 12.5. The van der Waals surface area contributed by atoms with Gasteiger partial charge in [-0.15, -0.1) is 0 Å². The molecule has 0 radical (unpaired) electrons. The van der Waals surface area contributed by atoms with Gasteiger partial charge in [0.25, 0.3) is 0 Å². The van der Waals surface area contributed by atoms with Crippen LogP contribution in [0.1, 0.15) is 17.5 Å². The SMILES string of the molecule is NC(CCc1ccoc1)Oc1cccc(C(F)(F)F)c1.O=C(O)C(=O)O. The van der Waals surface area contributed by atoms with Crippen molar-refractivity contribution in [1.82, 2.24) is 0 Å². The predicted octanol–water partition coefficient (Wildman–Crippen LogP) is 2.75. The summed E-state index contributed by atoms with van der Waals surface area (Å²) in [6, 6.07) is 6.48. The molecule has 0 spiro atoms. The summed E-state index contributed by atoms with van der Waals surface area (Å²) in [4.78, 5) is 18.2. The maximum atomic E-state index is 12.5. The normalized spacial score (nSPS) is 11.8. The van der Waals surface area contributed by atoms with Crippen molar-refractivity contribution in [1.29, 1.82) is 0 Å². The summed E-state index contributed by atoms with van der Waals surface area (Å²) >= 11 is 0. The molecule has 1 aromatic heterocycles. The van der Waals surface area contributed by atoms with E-state index in [1.165, 1.54) is 12.1 Å². The molecule has 1 atom stereocenters. The molecule has 2 rings (SSSR count). The molecule has 4 N–H and O–H groups in total. The lowest BCUT2D eigenvalue weighted by molar-refractivity contribution is -0.159. The Morgan fingerprint density at radius 1 is 1.19 bits per heavy atom. The van der Waals surface area contributed by atoms with Crippen molar-refractivity contribution in [3.63, 3.8) is 0 Å². The van der Waals surface area contributed by atoms with Crippen LogP contribution in [-0.2, 0) is 22.2 Å². The Morgan fingerprint density at radius 3 is 2.35 bits per heavy atom. The number of halogens is 3. The molecule has 1 aromatic carbocycles. The van der Waals surface area contributed by atoms with Crippen molar-refractivity contribution in [2.45, 2.75) is 25.2 Å². The number of aryl methyl sites for hydroxylation is 1. The van der Waals surface area contributed by atoms with Crippen LogP contribution in [0.15, 0.2) is 47.3 Å². The van der Waals surface area contributed by atoms with Crippen LogP contribution in [0.5, 0.6) is 5.75 Å². The minimum Gasteiger partial charge on any atom is -0.476 e. The number of carboxylic acid groups (broad SMARTS) is 2. The number of nitrogens with two attached hydrogens (primary N) is 1. The molecule has 0 bridgehead atoms. The topological polar surface area (TPSA) is 123 Å². The zero-order chi connectivity index (χ0) is 19.7. The van der Waals surface area contributed by atoms with Crippen LogP contribution in [0.4, 0.5) is 13.2 Å². The van der Waals surface area contributed by atoms with E-state index in [-0.39, 0.29) is 5.75 Å². The number of hydrogen-bond acceptors (Lipinski definition) is 5. The van der Waals surface area contributed by atoms with Crippen molar-refractivity contribution in [3.8, 4) is 5.75 Å². The zero-order valence-corrected chi connectivity index (χ0v) is 13.3. The molecule has 7 nitrogen and oxygen atoms in total. The third-order valence-corrected chi connectivity index (χ3v) is 2.93. The Balaban J connectivity index is 0.000000487. The van der Waals surface area contributed by atoms with Crippen molar-refractivity contribution < 1.29 is 42.1 Å². The number of alkyl halides is 3. The van der Waals surface area contributed by atoms with E-state index in [2.05, 4.69) is 0 Å². The first-order valence-corrected chi connectivity index (χ1v) is 7.16. The summed E-state index contributed by atoms with van der Waals surface area (Å²) in [5.41, 5.74) is 5.96. The van der Waals surface area contributed by atoms with E-state index in [1.807, 2.05) is 0 Å². The van der Waals surface area contributed by atoms with Gasteiger partial charge in [-0.3, -0.25) is 5.73 Å². The van der Waals surface area contributed by atoms with E-state index >= 15 is 0 Å². The molecule has 0 saturated carbocycles. The number of hydrogen-bond donors (Lipinski definition) is 3. The molecule has 10 heteroatoms. The van der Waals surface area contributed by atoms with Crippen LogP contribution in [0.25, 0.3) is 0 Å². The number of furan rings is 1. The summed E-state index contributed by atoms with van der Waals surface area (Å²) in [6.07, 6.45) is -0.800. The first-order valence-electron chi connectivity index (χ1n) is 7.16. The van der Waals surface area contributed by atoms with Gasteiger partial charge < -0.3 is 19.4 Å². The molecule has 1 heterocycles. The number of benzene rings is 1. The van der Waals surface area contributed by atoms with Crippen molar-refractivity contribution in [2.75, 3.05) is 0 Å². The highest BCUT2D eigenvalue weighted by molar-refractivity contribution is 6.27. The summed E-state index contributed by atoms with van der Waals surface area (Å²) in [7, 11) is 0. The lowest BCUT2D eigenvalue weighted by Crippen LogP contribution is -2.27. The fraction of sp³-hybridized carbons (Fsp3) is 0.250. The molecule has 0 fully saturated rings. The Kier molecular flexibility index (Phi) is 7.66. The van der Waals surface area contributed by atoms with E-state index in [1.54, 1.807) is 18.6 Å². The molecule has 0 aliphatic rings. The van der Waals surface area contributed by atoms with Crippen LogP contribution in [0.3, 0.4) is 0 Å².